The Morgan fingerprint density at radius 1 is 1.61 bits per heavy atom. The SMILES string of the molecule is CC1COc2cc(C(=O)NO)ccc2CN1C=O. The molecule has 0 saturated heterocycles. The summed E-state index contributed by atoms with van der Waals surface area (Å²) in [5.74, 6) is -0.0294. The zero-order chi connectivity index (χ0) is 13.1. The van der Waals surface area contributed by atoms with Crippen LogP contribution in [0.15, 0.2) is 18.2 Å². The normalized spacial score (nSPS) is 18.3. The first-order valence-electron chi connectivity index (χ1n) is 5.57. The number of carbonyl (C=O) groups excluding carboxylic acids is 2. The molecule has 1 heterocycles. The Hall–Kier alpha value is -2.08. The third-order valence-corrected chi connectivity index (χ3v) is 2.97. The fourth-order valence-corrected chi connectivity index (χ4v) is 1.83. The number of nitrogens with zero attached hydrogens (tertiary/aromatic N) is 1. The van der Waals surface area contributed by atoms with Crippen molar-refractivity contribution in [3.63, 3.8) is 0 Å². The minimum Gasteiger partial charge on any atom is -0.491 e. The van der Waals surface area contributed by atoms with E-state index >= 15 is 0 Å². The molecule has 1 aliphatic heterocycles. The number of fused-ring (bicyclic) bond motifs is 1. The molecule has 2 rings (SSSR count). The monoisotopic (exact) mass is 250 g/mol. The van der Waals surface area contributed by atoms with Crippen LogP contribution >= 0.6 is 0 Å². The molecule has 0 spiro atoms. The maximum absolute atomic E-state index is 11.3. The standard InChI is InChI=1S/C12H14N2O4/c1-8-6-18-11-4-9(12(16)13-17)2-3-10(11)5-14(8)7-15/h2-4,7-8,17H,5-6H2,1H3,(H,13,16). The van der Waals surface area contributed by atoms with Gasteiger partial charge >= 0.3 is 0 Å². The van der Waals surface area contributed by atoms with Crippen molar-refractivity contribution in [1.82, 2.24) is 10.4 Å². The number of rotatable bonds is 2. The van der Waals surface area contributed by atoms with Gasteiger partial charge in [0.1, 0.15) is 12.4 Å². The molecule has 18 heavy (non-hydrogen) atoms. The molecule has 1 unspecified atom stereocenters. The summed E-state index contributed by atoms with van der Waals surface area (Å²) in [4.78, 5) is 23.9. The second-order valence-electron chi connectivity index (χ2n) is 4.20. The minimum absolute atomic E-state index is 0.0231. The third-order valence-electron chi connectivity index (χ3n) is 2.97. The van der Waals surface area contributed by atoms with Gasteiger partial charge in [0, 0.05) is 17.7 Å². The molecular weight excluding hydrogens is 236 g/mol. The minimum atomic E-state index is -0.592. The fourth-order valence-electron chi connectivity index (χ4n) is 1.83. The highest BCUT2D eigenvalue weighted by atomic mass is 16.5. The number of hydrogen-bond acceptors (Lipinski definition) is 4. The summed E-state index contributed by atoms with van der Waals surface area (Å²) in [6, 6.07) is 4.83. The molecule has 0 radical (unpaired) electrons. The first-order chi connectivity index (χ1) is 8.65. The molecule has 0 aromatic heterocycles. The Labute approximate surface area is 104 Å². The van der Waals surface area contributed by atoms with E-state index in [-0.39, 0.29) is 6.04 Å². The molecule has 6 heteroatoms. The smallest absolute Gasteiger partial charge is 0.274 e. The van der Waals surface area contributed by atoms with E-state index < -0.39 is 5.91 Å². The van der Waals surface area contributed by atoms with Crippen molar-refractivity contribution in [2.24, 2.45) is 0 Å². The molecule has 1 atom stereocenters. The molecule has 0 saturated carbocycles. The number of hydroxylamine groups is 1. The molecule has 1 aromatic carbocycles. The molecular formula is C12H14N2O4. The molecule has 0 bridgehead atoms. The zero-order valence-electron chi connectivity index (χ0n) is 9.92. The first-order valence-corrected chi connectivity index (χ1v) is 5.57. The van der Waals surface area contributed by atoms with Gasteiger partial charge in [0.15, 0.2) is 0 Å². The van der Waals surface area contributed by atoms with Gasteiger partial charge in [-0.15, -0.1) is 0 Å². The number of carbonyl (C=O) groups is 2. The van der Waals surface area contributed by atoms with Gasteiger partial charge in [-0.05, 0) is 19.1 Å². The van der Waals surface area contributed by atoms with Gasteiger partial charge in [-0.2, -0.15) is 0 Å². The maximum Gasteiger partial charge on any atom is 0.274 e. The summed E-state index contributed by atoms with van der Waals surface area (Å²) in [6.07, 6.45) is 0.789. The van der Waals surface area contributed by atoms with Gasteiger partial charge in [-0.25, -0.2) is 5.48 Å². The zero-order valence-corrected chi connectivity index (χ0v) is 9.92. The van der Waals surface area contributed by atoms with E-state index in [1.807, 2.05) is 6.92 Å². The largest absolute Gasteiger partial charge is 0.491 e. The van der Waals surface area contributed by atoms with E-state index in [1.165, 1.54) is 0 Å². The molecule has 1 aromatic rings. The average Bonchev–Trinajstić information content (AvgIpc) is 2.56. The summed E-state index contributed by atoms with van der Waals surface area (Å²) in [7, 11) is 0. The van der Waals surface area contributed by atoms with Crippen molar-refractivity contribution in [2.75, 3.05) is 6.61 Å². The van der Waals surface area contributed by atoms with E-state index in [1.54, 1.807) is 28.6 Å². The van der Waals surface area contributed by atoms with Gasteiger partial charge in [0.05, 0.1) is 6.04 Å². The van der Waals surface area contributed by atoms with Crippen LogP contribution < -0.4 is 10.2 Å². The van der Waals surface area contributed by atoms with Crippen molar-refractivity contribution < 1.29 is 19.5 Å². The average molecular weight is 250 g/mol. The number of ether oxygens (including phenoxy) is 1. The highest BCUT2D eigenvalue weighted by Gasteiger charge is 2.21. The number of amides is 2. The van der Waals surface area contributed by atoms with E-state index in [9.17, 15) is 9.59 Å². The van der Waals surface area contributed by atoms with Crippen LogP contribution in [0, 0.1) is 0 Å². The van der Waals surface area contributed by atoms with Crippen LogP contribution in [-0.4, -0.2) is 35.1 Å². The van der Waals surface area contributed by atoms with Crippen LogP contribution in [0.3, 0.4) is 0 Å². The summed E-state index contributed by atoms with van der Waals surface area (Å²) >= 11 is 0. The Morgan fingerprint density at radius 3 is 3.06 bits per heavy atom. The number of hydrogen-bond donors (Lipinski definition) is 2. The predicted molar refractivity (Wildman–Crippen MR) is 62.3 cm³/mol. The Bertz CT molecular complexity index is 475. The van der Waals surface area contributed by atoms with Crippen molar-refractivity contribution in [2.45, 2.75) is 19.5 Å². The Kier molecular flexibility index (Phi) is 3.47. The summed E-state index contributed by atoms with van der Waals surface area (Å²) in [5, 5.41) is 8.58. The van der Waals surface area contributed by atoms with Crippen LogP contribution in [0.1, 0.15) is 22.8 Å². The molecule has 6 nitrogen and oxygen atoms in total. The summed E-state index contributed by atoms with van der Waals surface area (Å²) in [6.45, 7) is 2.71. The first kappa shape index (κ1) is 12.4. The maximum atomic E-state index is 11.3. The van der Waals surface area contributed by atoms with E-state index in [0.717, 1.165) is 12.0 Å². The van der Waals surface area contributed by atoms with E-state index in [4.69, 9.17) is 9.94 Å². The number of benzene rings is 1. The van der Waals surface area contributed by atoms with Crippen LogP contribution in [-0.2, 0) is 11.3 Å². The lowest BCUT2D eigenvalue weighted by molar-refractivity contribution is -0.120. The van der Waals surface area contributed by atoms with Crippen LogP contribution in [0.2, 0.25) is 0 Å². The molecule has 2 amide bonds. The molecule has 2 N–H and O–H groups in total. The second-order valence-corrected chi connectivity index (χ2v) is 4.20. The lowest BCUT2D eigenvalue weighted by atomic mass is 10.1. The van der Waals surface area contributed by atoms with Crippen molar-refractivity contribution in [3.05, 3.63) is 29.3 Å². The lowest BCUT2D eigenvalue weighted by Crippen LogP contribution is -2.33. The van der Waals surface area contributed by atoms with Crippen molar-refractivity contribution in [1.29, 1.82) is 0 Å². The number of nitrogens with one attached hydrogen (secondary N) is 1. The molecule has 96 valence electrons. The highest BCUT2D eigenvalue weighted by Crippen LogP contribution is 2.25. The summed E-state index contributed by atoms with van der Waals surface area (Å²) < 4.78 is 5.57. The predicted octanol–water partition coefficient (Wildman–Crippen LogP) is 0.545. The Balaban J connectivity index is 2.32. The van der Waals surface area contributed by atoms with Gasteiger partial charge in [-0.3, -0.25) is 14.8 Å². The van der Waals surface area contributed by atoms with E-state index in [0.29, 0.717) is 24.5 Å². The second kappa shape index (κ2) is 5.05. The Morgan fingerprint density at radius 2 is 2.39 bits per heavy atom. The highest BCUT2D eigenvalue weighted by molar-refractivity contribution is 5.93. The van der Waals surface area contributed by atoms with Crippen molar-refractivity contribution >= 4 is 12.3 Å². The van der Waals surface area contributed by atoms with Gasteiger partial charge in [-0.1, -0.05) is 6.07 Å². The van der Waals surface area contributed by atoms with Crippen molar-refractivity contribution in [3.8, 4) is 5.75 Å². The third kappa shape index (κ3) is 2.28. The van der Waals surface area contributed by atoms with Gasteiger partial charge < -0.3 is 9.64 Å². The van der Waals surface area contributed by atoms with Gasteiger partial charge in [0.25, 0.3) is 5.91 Å². The fraction of sp³-hybridized carbons (Fsp3) is 0.333. The summed E-state index contributed by atoms with van der Waals surface area (Å²) in [5.41, 5.74) is 2.71. The molecule has 0 fully saturated rings. The molecule has 1 aliphatic rings. The molecule has 0 aliphatic carbocycles. The van der Waals surface area contributed by atoms with Gasteiger partial charge in [0.2, 0.25) is 6.41 Å². The topological polar surface area (TPSA) is 78.9 Å². The van der Waals surface area contributed by atoms with Crippen LogP contribution in [0.25, 0.3) is 0 Å². The quantitative estimate of drug-likeness (QED) is 0.456. The van der Waals surface area contributed by atoms with Crippen LogP contribution in [0.5, 0.6) is 5.75 Å². The van der Waals surface area contributed by atoms with Crippen LogP contribution in [0.4, 0.5) is 0 Å². The van der Waals surface area contributed by atoms with E-state index in [2.05, 4.69) is 0 Å². The lowest BCUT2D eigenvalue weighted by Gasteiger charge is -2.20.